The van der Waals surface area contributed by atoms with Crippen LogP contribution in [0.1, 0.15) is 46.6 Å². The van der Waals surface area contributed by atoms with E-state index in [0.717, 1.165) is 26.9 Å². The molecular weight excluding hydrogens is 540 g/mol. The molecule has 0 saturated heterocycles. The lowest BCUT2D eigenvalue weighted by atomic mass is 10.1. The highest BCUT2D eigenvalue weighted by atomic mass is 79.9. The van der Waals surface area contributed by atoms with Crippen LogP contribution >= 0.6 is 27.3 Å². The molecule has 6 nitrogen and oxygen atoms in total. The van der Waals surface area contributed by atoms with Crippen LogP contribution in [0.25, 0.3) is 0 Å². The summed E-state index contributed by atoms with van der Waals surface area (Å²) in [6.07, 6.45) is 0.922. The molecule has 1 aliphatic heterocycles. The van der Waals surface area contributed by atoms with Crippen molar-refractivity contribution in [2.24, 2.45) is 5.92 Å². The van der Waals surface area contributed by atoms with Gasteiger partial charge in [-0.1, -0.05) is 48.3 Å². The highest BCUT2D eigenvalue weighted by Gasteiger charge is 2.25. The van der Waals surface area contributed by atoms with Crippen LogP contribution in [0.2, 0.25) is 0 Å². The Kier molecular flexibility index (Phi) is 8.69. The maximum absolute atomic E-state index is 13.8. The molecule has 0 saturated carbocycles. The molecule has 3 aromatic rings. The molecule has 1 unspecified atom stereocenters. The molecule has 1 atom stereocenters. The van der Waals surface area contributed by atoms with E-state index in [2.05, 4.69) is 42.8 Å². The SMILES string of the molecule is CCC(C)CN(CC(=O)N(Cc1ccc2c(c1)OCO2)Cc1sccc1C)C(=O)c1cccc(Br)c1. The number of rotatable bonds is 10. The van der Waals surface area contributed by atoms with Crippen LogP contribution in [0, 0.1) is 12.8 Å². The average Bonchev–Trinajstić information content (AvgIpc) is 3.50. The summed E-state index contributed by atoms with van der Waals surface area (Å²) in [6.45, 7) is 7.90. The van der Waals surface area contributed by atoms with Crippen molar-refractivity contribution in [2.75, 3.05) is 19.9 Å². The van der Waals surface area contributed by atoms with Crippen LogP contribution in [0.3, 0.4) is 0 Å². The van der Waals surface area contributed by atoms with Gasteiger partial charge in [0.15, 0.2) is 11.5 Å². The van der Waals surface area contributed by atoms with Gasteiger partial charge in [0.2, 0.25) is 12.7 Å². The maximum Gasteiger partial charge on any atom is 0.254 e. The zero-order valence-electron chi connectivity index (χ0n) is 20.8. The van der Waals surface area contributed by atoms with Crippen molar-refractivity contribution < 1.29 is 19.1 Å². The zero-order chi connectivity index (χ0) is 25.7. The first-order valence-corrected chi connectivity index (χ1v) is 13.8. The second-order valence-electron chi connectivity index (χ2n) is 9.17. The molecule has 8 heteroatoms. The number of ether oxygens (including phenoxy) is 2. The number of nitrogens with zero attached hydrogens (tertiary/aromatic N) is 2. The third kappa shape index (κ3) is 6.48. The van der Waals surface area contributed by atoms with E-state index in [1.165, 1.54) is 0 Å². The van der Waals surface area contributed by atoms with Crippen LogP contribution in [-0.2, 0) is 17.9 Å². The molecule has 0 aliphatic carbocycles. The van der Waals surface area contributed by atoms with Crippen molar-refractivity contribution in [1.29, 1.82) is 0 Å². The monoisotopic (exact) mass is 570 g/mol. The molecule has 1 aliphatic rings. The second kappa shape index (κ2) is 11.9. The molecule has 2 amide bonds. The summed E-state index contributed by atoms with van der Waals surface area (Å²) in [6, 6.07) is 15.1. The van der Waals surface area contributed by atoms with E-state index in [0.29, 0.717) is 36.7 Å². The number of hydrogen-bond donors (Lipinski definition) is 0. The first-order chi connectivity index (χ1) is 17.3. The molecule has 0 spiro atoms. The topological polar surface area (TPSA) is 59.1 Å². The highest BCUT2D eigenvalue weighted by Crippen LogP contribution is 2.33. The van der Waals surface area contributed by atoms with Gasteiger partial charge in [-0.05, 0) is 65.7 Å². The fraction of sp³-hybridized carbons (Fsp3) is 0.357. The van der Waals surface area contributed by atoms with Crippen LogP contribution < -0.4 is 9.47 Å². The minimum Gasteiger partial charge on any atom is -0.454 e. The van der Waals surface area contributed by atoms with Gasteiger partial charge in [0.05, 0.1) is 6.54 Å². The third-order valence-corrected chi connectivity index (χ3v) is 7.88. The van der Waals surface area contributed by atoms with Gasteiger partial charge in [0, 0.05) is 28.0 Å². The molecule has 1 aromatic heterocycles. The van der Waals surface area contributed by atoms with Crippen molar-refractivity contribution in [3.63, 3.8) is 0 Å². The lowest BCUT2D eigenvalue weighted by Gasteiger charge is -2.29. The molecular formula is C28H31BrN2O4S. The van der Waals surface area contributed by atoms with Crippen LogP contribution in [-0.4, -0.2) is 41.5 Å². The van der Waals surface area contributed by atoms with Gasteiger partial charge in [-0.2, -0.15) is 0 Å². The molecule has 4 rings (SSSR count). The smallest absolute Gasteiger partial charge is 0.254 e. The number of carbonyl (C=O) groups is 2. The first-order valence-electron chi connectivity index (χ1n) is 12.1. The Morgan fingerprint density at radius 2 is 1.86 bits per heavy atom. The fourth-order valence-electron chi connectivity index (χ4n) is 4.02. The molecule has 2 heterocycles. The Morgan fingerprint density at radius 1 is 1.06 bits per heavy atom. The fourth-order valence-corrected chi connectivity index (χ4v) is 5.34. The number of thiophene rings is 1. The predicted molar refractivity (Wildman–Crippen MR) is 145 cm³/mol. The van der Waals surface area contributed by atoms with E-state index in [4.69, 9.17) is 9.47 Å². The van der Waals surface area contributed by atoms with Crippen molar-refractivity contribution in [3.05, 3.63) is 80.0 Å². The van der Waals surface area contributed by atoms with Gasteiger partial charge in [-0.15, -0.1) is 11.3 Å². The summed E-state index contributed by atoms with van der Waals surface area (Å²) in [5, 5.41) is 2.04. The van der Waals surface area contributed by atoms with Crippen LogP contribution in [0.4, 0.5) is 0 Å². The van der Waals surface area contributed by atoms with Gasteiger partial charge in [0.1, 0.15) is 6.54 Å². The Morgan fingerprint density at radius 3 is 2.58 bits per heavy atom. The average molecular weight is 572 g/mol. The Labute approximate surface area is 224 Å². The Hall–Kier alpha value is -2.84. The summed E-state index contributed by atoms with van der Waals surface area (Å²) in [4.78, 5) is 31.9. The number of amides is 2. The maximum atomic E-state index is 13.8. The van der Waals surface area contributed by atoms with Gasteiger partial charge >= 0.3 is 0 Å². The van der Waals surface area contributed by atoms with Crippen molar-refractivity contribution in [3.8, 4) is 11.5 Å². The summed E-state index contributed by atoms with van der Waals surface area (Å²) in [5.74, 6) is 1.45. The van der Waals surface area contributed by atoms with E-state index >= 15 is 0 Å². The van der Waals surface area contributed by atoms with Gasteiger partial charge < -0.3 is 19.3 Å². The Bertz CT molecular complexity index is 1230. The highest BCUT2D eigenvalue weighted by molar-refractivity contribution is 9.10. The molecule has 2 aromatic carbocycles. The summed E-state index contributed by atoms with van der Waals surface area (Å²) >= 11 is 5.09. The molecule has 0 radical (unpaired) electrons. The standard InChI is InChI=1S/C28H31BrN2O4S/c1-4-19(2)14-31(28(33)22-6-5-7-23(29)13-22)17-27(32)30(16-26-20(3)10-11-36-26)15-21-8-9-24-25(12-21)35-18-34-24/h5-13,19H,4,14-18H2,1-3H3. The van der Waals surface area contributed by atoms with E-state index in [-0.39, 0.29) is 31.1 Å². The van der Waals surface area contributed by atoms with Crippen LogP contribution in [0.15, 0.2) is 58.4 Å². The molecule has 36 heavy (non-hydrogen) atoms. The van der Waals surface area contributed by atoms with Crippen molar-refractivity contribution in [1.82, 2.24) is 9.80 Å². The third-order valence-electron chi connectivity index (χ3n) is 6.38. The summed E-state index contributed by atoms with van der Waals surface area (Å²) < 4.78 is 11.8. The van der Waals surface area contributed by atoms with Crippen molar-refractivity contribution in [2.45, 2.75) is 40.3 Å². The molecule has 0 N–H and O–H groups in total. The zero-order valence-corrected chi connectivity index (χ0v) is 23.2. The molecule has 190 valence electrons. The van der Waals surface area contributed by atoms with Gasteiger partial charge in [-0.3, -0.25) is 9.59 Å². The molecule has 0 bridgehead atoms. The number of carbonyl (C=O) groups excluding carboxylic acids is 2. The molecule has 0 fully saturated rings. The van der Waals surface area contributed by atoms with E-state index < -0.39 is 0 Å². The normalized spacial score (nSPS) is 12.9. The quantitative estimate of drug-likeness (QED) is 0.288. The van der Waals surface area contributed by atoms with E-state index in [1.807, 2.05) is 40.6 Å². The summed E-state index contributed by atoms with van der Waals surface area (Å²) in [7, 11) is 0. The first kappa shape index (κ1) is 26.2. The minimum absolute atomic E-state index is 0.0185. The Balaban J connectivity index is 1.58. The second-order valence-corrected chi connectivity index (χ2v) is 11.1. The minimum atomic E-state index is -0.139. The predicted octanol–water partition coefficient (Wildman–Crippen LogP) is 6.27. The van der Waals surface area contributed by atoms with Crippen molar-refractivity contribution >= 4 is 39.1 Å². The van der Waals surface area contributed by atoms with Gasteiger partial charge in [-0.25, -0.2) is 0 Å². The van der Waals surface area contributed by atoms with E-state index in [1.54, 1.807) is 28.4 Å². The largest absolute Gasteiger partial charge is 0.454 e. The number of halogens is 1. The van der Waals surface area contributed by atoms with E-state index in [9.17, 15) is 9.59 Å². The number of fused-ring (bicyclic) bond motifs is 1. The van der Waals surface area contributed by atoms with Gasteiger partial charge in [0.25, 0.3) is 5.91 Å². The van der Waals surface area contributed by atoms with Crippen LogP contribution in [0.5, 0.6) is 11.5 Å². The summed E-state index contributed by atoms with van der Waals surface area (Å²) in [5.41, 5.74) is 2.68. The lowest BCUT2D eigenvalue weighted by molar-refractivity contribution is -0.133. The number of benzene rings is 2. The number of aryl methyl sites for hydroxylation is 1. The lowest BCUT2D eigenvalue weighted by Crippen LogP contribution is -2.44. The number of hydrogen-bond acceptors (Lipinski definition) is 5.